The van der Waals surface area contributed by atoms with Crippen LogP contribution in [0.2, 0.25) is 0 Å². The van der Waals surface area contributed by atoms with Gasteiger partial charge in [-0.2, -0.15) is 0 Å². The summed E-state index contributed by atoms with van der Waals surface area (Å²) in [4.78, 5) is 32.1. The summed E-state index contributed by atoms with van der Waals surface area (Å²) in [5.41, 5.74) is 2.09. The first-order chi connectivity index (χ1) is 12.7. The van der Waals surface area contributed by atoms with E-state index in [1.807, 2.05) is 30.3 Å². The predicted molar refractivity (Wildman–Crippen MR) is 99.7 cm³/mol. The summed E-state index contributed by atoms with van der Waals surface area (Å²) < 4.78 is 0. The highest BCUT2D eigenvalue weighted by atomic mass is 16.2. The Bertz CT molecular complexity index is 715. The molecule has 1 fully saturated rings. The molecule has 0 radical (unpaired) electrons. The quantitative estimate of drug-likeness (QED) is 0.848. The van der Waals surface area contributed by atoms with E-state index < -0.39 is 0 Å². The molecular formula is C19H23N5O2. The number of hydrogen-bond acceptors (Lipinski definition) is 4. The number of anilines is 1. The van der Waals surface area contributed by atoms with Gasteiger partial charge in [0, 0.05) is 50.8 Å². The van der Waals surface area contributed by atoms with Crippen LogP contribution < -0.4 is 15.5 Å². The number of nitrogens with zero attached hydrogens (tertiary/aromatic N) is 3. The van der Waals surface area contributed by atoms with E-state index >= 15 is 0 Å². The zero-order valence-corrected chi connectivity index (χ0v) is 14.6. The molecule has 26 heavy (non-hydrogen) atoms. The molecule has 0 unspecified atom stereocenters. The highest BCUT2D eigenvalue weighted by molar-refractivity contribution is 5.84. The Balaban J connectivity index is 1.37. The maximum atomic E-state index is 12.2. The lowest BCUT2D eigenvalue weighted by Crippen LogP contribution is -2.53. The van der Waals surface area contributed by atoms with Crippen LogP contribution in [0, 0.1) is 0 Å². The molecule has 0 saturated carbocycles. The standard InChI is InChI=1S/C19H23N5O2/c25-18(21-14-16-5-4-8-20-13-16)15-22-19(26)24-11-9-23(10-12-24)17-6-2-1-3-7-17/h1-8,13H,9-12,14-15H2,(H,21,25)(H,22,26). The summed E-state index contributed by atoms with van der Waals surface area (Å²) >= 11 is 0. The fraction of sp³-hybridized carbons (Fsp3) is 0.316. The van der Waals surface area contributed by atoms with Crippen molar-refractivity contribution in [3.05, 3.63) is 60.4 Å². The Kier molecular flexibility index (Phi) is 6.03. The molecule has 3 amide bonds. The Morgan fingerprint density at radius 1 is 0.962 bits per heavy atom. The number of para-hydroxylation sites is 1. The second-order valence-electron chi connectivity index (χ2n) is 6.11. The number of carbonyl (C=O) groups excluding carboxylic acids is 2. The van der Waals surface area contributed by atoms with E-state index in [2.05, 4.69) is 32.7 Å². The summed E-state index contributed by atoms with van der Waals surface area (Å²) in [7, 11) is 0. The zero-order valence-electron chi connectivity index (χ0n) is 14.6. The molecule has 0 aliphatic carbocycles. The summed E-state index contributed by atoms with van der Waals surface area (Å²) in [5, 5.41) is 5.45. The molecule has 136 valence electrons. The maximum Gasteiger partial charge on any atom is 0.317 e. The minimum Gasteiger partial charge on any atom is -0.368 e. The minimum absolute atomic E-state index is 0.0298. The van der Waals surface area contributed by atoms with Gasteiger partial charge >= 0.3 is 6.03 Å². The van der Waals surface area contributed by atoms with E-state index in [1.165, 1.54) is 5.69 Å². The van der Waals surface area contributed by atoms with Crippen molar-refractivity contribution >= 4 is 17.6 Å². The molecule has 2 N–H and O–H groups in total. The number of hydrogen-bond donors (Lipinski definition) is 2. The van der Waals surface area contributed by atoms with Crippen molar-refractivity contribution in [1.29, 1.82) is 0 Å². The smallest absolute Gasteiger partial charge is 0.317 e. The molecule has 0 bridgehead atoms. The van der Waals surface area contributed by atoms with Crippen LogP contribution in [0.15, 0.2) is 54.9 Å². The van der Waals surface area contributed by atoms with Gasteiger partial charge in [0.05, 0.1) is 6.54 Å². The third-order valence-corrected chi connectivity index (χ3v) is 4.30. The van der Waals surface area contributed by atoms with E-state index in [0.29, 0.717) is 19.6 Å². The number of piperazine rings is 1. The van der Waals surface area contributed by atoms with Crippen molar-refractivity contribution < 1.29 is 9.59 Å². The number of rotatable bonds is 5. The van der Waals surface area contributed by atoms with Crippen LogP contribution in [-0.4, -0.2) is 54.5 Å². The molecule has 2 aromatic rings. The number of pyridine rings is 1. The fourth-order valence-electron chi connectivity index (χ4n) is 2.84. The Morgan fingerprint density at radius 3 is 2.42 bits per heavy atom. The number of amides is 3. The number of aromatic nitrogens is 1. The SMILES string of the molecule is O=C(CNC(=O)N1CCN(c2ccccc2)CC1)NCc1cccnc1. The number of nitrogens with one attached hydrogen (secondary N) is 2. The van der Waals surface area contributed by atoms with Crippen molar-refractivity contribution in [2.45, 2.75) is 6.54 Å². The van der Waals surface area contributed by atoms with Crippen molar-refractivity contribution in [3.8, 4) is 0 Å². The van der Waals surface area contributed by atoms with Gasteiger partial charge in [-0.3, -0.25) is 9.78 Å². The largest absolute Gasteiger partial charge is 0.368 e. The van der Waals surface area contributed by atoms with Crippen molar-refractivity contribution in [2.75, 3.05) is 37.6 Å². The van der Waals surface area contributed by atoms with E-state index in [0.717, 1.165) is 18.7 Å². The third kappa shape index (κ3) is 4.95. The first-order valence-corrected chi connectivity index (χ1v) is 8.71. The lowest BCUT2D eigenvalue weighted by atomic mass is 10.2. The van der Waals surface area contributed by atoms with E-state index in [4.69, 9.17) is 0 Å². The summed E-state index contributed by atoms with van der Waals surface area (Å²) in [6.45, 7) is 3.21. The molecule has 1 aromatic heterocycles. The molecule has 1 saturated heterocycles. The normalized spacial score (nSPS) is 14.0. The average Bonchev–Trinajstić information content (AvgIpc) is 2.72. The number of benzene rings is 1. The topological polar surface area (TPSA) is 77.6 Å². The average molecular weight is 353 g/mol. The molecule has 1 aliphatic rings. The minimum atomic E-state index is -0.217. The molecule has 1 aromatic carbocycles. The highest BCUT2D eigenvalue weighted by Crippen LogP contribution is 2.15. The highest BCUT2D eigenvalue weighted by Gasteiger charge is 2.21. The van der Waals surface area contributed by atoms with Crippen LogP contribution in [0.4, 0.5) is 10.5 Å². The van der Waals surface area contributed by atoms with Gasteiger partial charge in [-0.15, -0.1) is 0 Å². The van der Waals surface area contributed by atoms with Crippen molar-refractivity contribution in [1.82, 2.24) is 20.5 Å². The van der Waals surface area contributed by atoms with Gasteiger partial charge in [0.2, 0.25) is 5.91 Å². The molecule has 3 rings (SSSR count). The van der Waals surface area contributed by atoms with Crippen LogP contribution in [0.1, 0.15) is 5.56 Å². The van der Waals surface area contributed by atoms with E-state index in [9.17, 15) is 9.59 Å². The lowest BCUT2D eigenvalue weighted by molar-refractivity contribution is -0.120. The van der Waals surface area contributed by atoms with Crippen molar-refractivity contribution in [3.63, 3.8) is 0 Å². The maximum absolute atomic E-state index is 12.2. The number of carbonyl (C=O) groups is 2. The Morgan fingerprint density at radius 2 is 1.73 bits per heavy atom. The first kappa shape index (κ1) is 17.7. The lowest BCUT2D eigenvalue weighted by Gasteiger charge is -2.36. The molecule has 0 atom stereocenters. The fourth-order valence-corrected chi connectivity index (χ4v) is 2.84. The van der Waals surface area contributed by atoms with Gasteiger partial charge in [0.15, 0.2) is 0 Å². The summed E-state index contributed by atoms with van der Waals surface area (Å²) in [6, 6.07) is 13.7. The van der Waals surface area contributed by atoms with Gasteiger partial charge in [-0.25, -0.2) is 4.79 Å². The molecule has 1 aliphatic heterocycles. The van der Waals surface area contributed by atoms with Gasteiger partial charge in [-0.1, -0.05) is 24.3 Å². The van der Waals surface area contributed by atoms with Crippen LogP contribution >= 0.6 is 0 Å². The van der Waals surface area contributed by atoms with Crippen LogP contribution in [0.5, 0.6) is 0 Å². The number of urea groups is 1. The molecule has 7 heteroatoms. The predicted octanol–water partition coefficient (Wildman–Crippen LogP) is 1.23. The monoisotopic (exact) mass is 353 g/mol. The van der Waals surface area contributed by atoms with E-state index in [-0.39, 0.29) is 18.5 Å². The van der Waals surface area contributed by atoms with Crippen LogP contribution in [0.3, 0.4) is 0 Å². The van der Waals surface area contributed by atoms with Gasteiger partial charge in [0.25, 0.3) is 0 Å². The molecule has 0 spiro atoms. The summed E-state index contributed by atoms with van der Waals surface area (Å²) in [5.74, 6) is -0.217. The Labute approximate surface area is 153 Å². The third-order valence-electron chi connectivity index (χ3n) is 4.30. The zero-order chi connectivity index (χ0) is 18.2. The molecular weight excluding hydrogens is 330 g/mol. The van der Waals surface area contributed by atoms with Gasteiger partial charge in [0.1, 0.15) is 0 Å². The van der Waals surface area contributed by atoms with Gasteiger partial charge in [-0.05, 0) is 23.8 Å². The van der Waals surface area contributed by atoms with Crippen molar-refractivity contribution in [2.24, 2.45) is 0 Å². The Hall–Kier alpha value is -3.09. The molecule has 2 heterocycles. The van der Waals surface area contributed by atoms with E-state index in [1.54, 1.807) is 17.3 Å². The van der Waals surface area contributed by atoms with Gasteiger partial charge < -0.3 is 20.4 Å². The van der Waals surface area contributed by atoms with Crippen LogP contribution in [-0.2, 0) is 11.3 Å². The second-order valence-corrected chi connectivity index (χ2v) is 6.11. The first-order valence-electron chi connectivity index (χ1n) is 8.71. The summed E-state index contributed by atoms with van der Waals surface area (Å²) in [6.07, 6.45) is 3.38. The van der Waals surface area contributed by atoms with Crippen LogP contribution in [0.25, 0.3) is 0 Å². The second kappa shape index (κ2) is 8.84. The molecule has 7 nitrogen and oxygen atoms in total.